The first kappa shape index (κ1) is 17.3. The lowest BCUT2D eigenvalue weighted by Gasteiger charge is -2.14. The first-order valence-electron chi connectivity index (χ1n) is 7.54. The molecule has 0 fully saturated rings. The number of carbonyl (C=O) groups excluding carboxylic acids is 1. The van der Waals surface area contributed by atoms with Crippen molar-refractivity contribution in [2.24, 2.45) is 0 Å². The molecule has 0 radical (unpaired) electrons. The smallest absolute Gasteiger partial charge is 0.255 e. The van der Waals surface area contributed by atoms with Gasteiger partial charge in [-0.3, -0.25) is 4.79 Å². The van der Waals surface area contributed by atoms with Crippen molar-refractivity contribution in [2.75, 3.05) is 12.3 Å². The van der Waals surface area contributed by atoms with E-state index in [2.05, 4.69) is 21.2 Å². The molecule has 2 aromatic rings. The van der Waals surface area contributed by atoms with Crippen LogP contribution in [-0.2, 0) is 6.42 Å². The molecule has 0 aliphatic heterocycles. The minimum Gasteiger partial charge on any atom is -0.490 e. The Morgan fingerprint density at radius 2 is 1.91 bits per heavy atom. The lowest BCUT2D eigenvalue weighted by Crippen LogP contribution is -2.26. The zero-order valence-electron chi connectivity index (χ0n) is 13.3. The van der Waals surface area contributed by atoms with Gasteiger partial charge >= 0.3 is 0 Å². The zero-order valence-corrected chi connectivity index (χ0v) is 14.9. The van der Waals surface area contributed by atoms with Crippen molar-refractivity contribution in [3.63, 3.8) is 0 Å². The van der Waals surface area contributed by atoms with Crippen molar-refractivity contribution < 1.29 is 9.53 Å². The molecular weight excluding hydrogens is 356 g/mol. The third kappa shape index (κ3) is 5.28. The highest BCUT2D eigenvalue weighted by molar-refractivity contribution is 9.10. The molecule has 3 N–H and O–H groups in total. The van der Waals surface area contributed by atoms with E-state index in [1.165, 1.54) is 0 Å². The fraction of sp³-hybridized carbons (Fsp3) is 0.278. The van der Waals surface area contributed by atoms with Gasteiger partial charge in [-0.1, -0.05) is 28.1 Å². The Balaban J connectivity index is 1.98. The molecular formula is C18H21BrN2O2. The van der Waals surface area contributed by atoms with Crippen LogP contribution in [0, 0.1) is 0 Å². The molecule has 0 saturated carbocycles. The fourth-order valence-corrected chi connectivity index (χ4v) is 2.48. The van der Waals surface area contributed by atoms with Crippen molar-refractivity contribution in [3.8, 4) is 5.75 Å². The van der Waals surface area contributed by atoms with Gasteiger partial charge < -0.3 is 15.8 Å². The van der Waals surface area contributed by atoms with Gasteiger partial charge in [-0.15, -0.1) is 0 Å². The molecule has 1 amide bonds. The summed E-state index contributed by atoms with van der Waals surface area (Å²) in [5, 5.41) is 2.93. The minimum absolute atomic E-state index is 0.00521. The van der Waals surface area contributed by atoms with Gasteiger partial charge in [-0.05, 0) is 56.2 Å². The number of nitrogen functional groups attached to an aromatic ring is 1. The van der Waals surface area contributed by atoms with Crippen LogP contribution in [0.2, 0.25) is 0 Å². The van der Waals surface area contributed by atoms with Crippen LogP contribution in [0.15, 0.2) is 46.9 Å². The lowest BCUT2D eigenvalue weighted by atomic mass is 10.1. The normalized spacial score (nSPS) is 10.6. The summed E-state index contributed by atoms with van der Waals surface area (Å²) in [5.74, 6) is 0.447. The van der Waals surface area contributed by atoms with Gasteiger partial charge in [0, 0.05) is 16.7 Å². The predicted molar refractivity (Wildman–Crippen MR) is 96.8 cm³/mol. The third-order valence-corrected chi connectivity index (χ3v) is 3.72. The van der Waals surface area contributed by atoms with Crippen LogP contribution >= 0.6 is 15.9 Å². The van der Waals surface area contributed by atoms with E-state index in [4.69, 9.17) is 10.5 Å². The fourth-order valence-electron chi connectivity index (χ4n) is 2.14. The number of nitrogens with one attached hydrogen (secondary N) is 1. The maximum Gasteiger partial charge on any atom is 0.255 e. The van der Waals surface area contributed by atoms with Gasteiger partial charge in [0.15, 0.2) is 0 Å². The molecule has 122 valence electrons. The topological polar surface area (TPSA) is 64.3 Å². The minimum atomic E-state index is -0.136. The van der Waals surface area contributed by atoms with E-state index in [1.54, 1.807) is 6.07 Å². The van der Waals surface area contributed by atoms with Gasteiger partial charge in [0.1, 0.15) is 5.75 Å². The van der Waals surface area contributed by atoms with Crippen molar-refractivity contribution in [1.82, 2.24) is 5.32 Å². The van der Waals surface area contributed by atoms with E-state index in [9.17, 15) is 4.79 Å². The number of halogens is 1. The van der Waals surface area contributed by atoms with Crippen LogP contribution in [0.5, 0.6) is 5.75 Å². The van der Waals surface area contributed by atoms with Crippen molar-refractivity contribution >= 4 is 27.5 Å². The van der Waals surface area contributed by atoms with E-state index in [0.717, 1.165) is 22.1 Å². The number of benzene rings is 2. The van der Waals surface area contributed by atoms with Crippen molar-refractivity contribution in [3.05, 3.63) is 58.1 Å². The van der Waals surface area contributed by atoms with E-state index >= 15 is 0 Å². The number of rotatable bonds is 6. The number of hydrogen-bond acceptors (Lipinski definition) is 3. The maximum absolute atomic E-state index is 12.4. The molecule has 0 aromatic heterocycles. The number of carbonyl (C=O) groups is 1. The molecule has 0 spiro atoms. The average molecular weight is 377 g/mol. The van der Waals surface area contributed by atoms with Crippen molar-refractivity contribution in [1.29, 1.82) is 0 Å². The van der Waals surface area contributed by atoms with Gasteiger partial charge in [0.25, 0.3) is 5.91 Å². The van der Waals surface area contributed by atoms with Crippen molar-refractivity contribution in [2.45, 2.75) is 26.4 Å². The Morgan fingerprint density at radius 3 is 2.57 bits per heavy atom. The molecule has 0 saturated heterocycles. The van der Waals surface area contributed by atoms with E-state index in [0.29, 0.717) is 17.9 Å². The van der Waals surface area contributed by atoms with Gasteiger partial charge in [-0.25, -0.2) is 0 Å². The van der Waals surface area contributed by atoms with Crippen LogP contribution in [0.3, 0.4) is 0 Å². The number of hydrogen-bond donors (Lipinski definition) is 2. The Kier molecular flexibility index (Phi) is 6.04. The number of anilines is 1. The lowest BCUT2D eigenvalue weighted by molar-refractivity contribution is 0.0948. The second kappa shape index (κ2) is 8.02. The Bertz CT molecular complexity index is 669. The standard InChI is InChI=1S/C18H21BrN2O2/c1-12(2)23-17-11-14(19)5-8-16(17)18(22)21-10-9-13-3-6-15(20)7-4-13/h3-8,11-12H,9-10,20H2,1-2H3,(H,21,22). The van der Waals surface area contributed by atoms with E-state index < -0.39 is 0 Å². The predicted octanol–water partition coefficient (Wildman–Crippen LogP) is 3.79. The zero-order chi connectivity index (χ0) is 16.8. The highest BCUT2D eigenvalue weighted by atomic mass is 79.9. The molecule has 4 nitrogen and oxygen atoms in total. The van der Waals surface area contributed by atoms with E-state index in [1.807, 2.05) is 50.2 Å². The second-order valence-electron chi connectivity index (χ2n) is 5.55. The first-order valence-corrected chi connectivity index (χ1v) is 8.34. The average Bonchev–Trinajstić information content (AvgIpc) is 2.48. The summed E-state index contributed by atoms with van der Waals surface area (Å²) in [6, 6.07) is 13.1. The molecule has 0 atom stereocenters. The van der Waals surface area contributed by atoms with Crippen LogP contribution in [-0.4, -0.2) is 18.6 Å². The molecule has 2 rings (SSSR count). The van der Waals surface area contributed by atoms with Gasteiger partial charge in [0.2, 0.25) is 0 Å². The largest absolute Gasteiger partial charge is 0.490 e. The van der Waals surface area contributed by atoms with Crippen LogP contribution in [0.4, 0.5) is 5.69 Å². The molecule has 0 bridgehead atoms. The highest BCUT2D eigenvalue weighted by Crippen LogP contribution is 2.24. The Hall–Kier alpha value is -2.01. The summed E-state index contributed by atoms with van der Waals surface area (Å²) in [6.07, 6.45) is 0.758. The second-order valence-corrected chi connectivity index (χ2v) is 6.47. The molecule has 0 heterocycles. The monoisotopic (exact) mass is 376 g/mol. The summed E-state index contributed by atoms with van der Waals surface area (Å²) in [6.45, 7) is 4.42. The number of nitrogens with two attached hydrogens (primary N) is 1. The molecule has 0 aliphatic rings. The third-order valence-electron chi connectivity index (χ3n) is 3.23. The molecule has 0 unspecified atom stereocenters. The van der Waals surface area contributed by atoms with Crippen LogP contribution in [0.25, 0.3) is 0 Å². The SMILES string of the molecule is CC(C)Oc1cc(Br)ccc1C(=O)NCCc1ccc(N)cc1. The quantitative estimate of drug-likeness (QED) is 0.753. The number of ether oxygens (including phenoxy) is 1. The van der Waals surface area contributed by atoms with Gasteiger partial charge in [-0.2, -0.15) is 0 Å². The first-order chi connectivity index (χ1) is 11.0. The van der Waals surface area contributed by atoms with Gasteiger partial charge in [0.05, 0.1) is 11.7 Å². The summed E-state index contributed by atoms with van der Waals surface area (Å²) >= 11 is 3.40. The summed E-state index contributed by atoms with van der Waals surface area (Å²) in [7, 11) is 0. The molecule has 2 aromatic carbocycles. The Labute approximate surface area is 145 Å². The molecule has 5 heteroatoms. The number of amides is 1. The summed E-state index contributed by atoms with van der Waals surface area (Å²) < 4.78 is 6.60. The highest BCUT2D eigenvalue weighted by Gasteiger charge is 2.13. The molecule has 23 heavy (non-hydrogen) atoms. The van der Waals surface area contributed by atoms with Crippen LogP contribution < -0.4 is 15.8 Å². The van der Waals surface area contributed by atoms with Crippen LogP contribution in [0.1, 0.15) is 29.8 Å². The maximum atomic E-state index is 12.4. The summed E-state index contributed by atoms with van der Waals surface area (Å²) in [4.78, 5) is 12.4. The van der Waals surface area contributed by atoms with E-state index in [-0.39, 0.29) is 12.0 Å². The molecule has 0 aliphatic carbocycles. The summed E-state index contributed by atoms with van der Waals surface area (Å²) in [5.41, 5.74) is 8.07. The Morgan fingerprint density at radius 1 is 1.22 bits per heavy atom.